The average Bonchev–Trinajstić information content (AvgIpc) is 3.24. The summed E-state index contributed by atoms with van der Waals surface area (Å²) >= 11 is 0. The lowest BCUT2D eigenvalue weighted by Gasteiger charge is -2.32. The van der Waals surface area contributed by atoms with Gasteiger partial charge in [0.15, 0.2) is 5.82 Å². The van der Waals surface area contributed by atoms with Gasteiger partial charge in [0, 0.05) is 43.3 Å². The summed E-state index contributed by atoms with van der Waals surface area (Å²) in [5.74, 6) is 2.05. The highest BCUT2D eigenvalue weighted by molar-refractivity contribution is 5.39. The third-order valence-electron chi connectivity index (χ3n) is 5.26. The van der Waals surface area contributed by atoms with Gasteiger partial charge in [-0.25, -0.2) is 14.6 Å². The first kappa shape index (κ1) is 17.4. The fourth-order valence-electron chi connectivity index (χ4n) is 3.44. The number of anilines is 1. The zero-order chi connectivity index (χ0) is 18.8. The molecule has 8 nitrogen and oxygen atoms in total. The van der Waals surface area contributed by atoms with Gasteiger partial charge in [-0.2, -0.15) is 5.10 Å². The topological polar surface area (TPSA) is 81.7 Å². The number of nitrogens with zero attached hydrogens (tertiary/aromatic N) is 7. The summed E-state index contributed by atoms with van der Waals surface area (Å²) < 4.78 is 3.46. The van der Waals surface area contributed by atoms with Crippen molar-refractivity contribution in [3.05, 3.63) is 58.8 Å². The van der Waals surface area contributed by atoms with Gasteiger partial charge in [0.2, 0.25) is 0 Å². The zero-order valence-corrected chi connectivity index (χ0v) is 15.6. The van der Waals surface area contributed by atoms with Crippen molar-refractivity contribution in [1.82, 2.24) is 29.3 Å². The van der Waals surface area contributed by atoms with Crippen molar-refractivity contribution < 1.29 is 0 Å². The number of hydrogen-bond acceptors (Lipinski definition) is 6. The molecule has 1 fully saturated rings. The molecule has 4 rings (SSSR count). The van der Waals surface area contributed by atoms with Crippen LogP contribution in [0.25, 0.3) is 5.82 Å². The van der Waals surface area contributed by atoms with Crippen LogP contribution < -0.4 is 10.5 Å². The first-order chi connectivity index (χ1) is 13.1. The van der Waals surface area contributed by atoms with Crippen LogP contribution >= 0.6 is 0 Å². The third-order valence-corrected chi connectivity index (χ3v) is 5.26. The number of aryl methyl sites for hydroxylation is 1. The normalized spacial score (nSPS) is 15.3. The molecule has 0 spiro atoms. The van der Waals surface area contributed by atoms with E-state index >= 15 is 0 Å². The molecule has 27 heavy (non-hydrogen) atoms. The van der Waals surface area contributed by atoms with Gasteiger partial charge in [0.1, 0.15) is 5.82 Å². The highest BCUT2D eigenvalue weighted by Crippen LogP contribution is 2.23. The number of hydrogen-bond donors (Lipinski definition) is 0. The van der Waals surface area contributed by atoms with Crippen LogP contribution in [0.1, 0.15) is 24.1 Å². The standard InChI is InChI=1S/C19H23N7O/c1-14-15(2)21-13-25(19(14)27)12-16-4-8-24(9-5-16)17-10-20-11-18(23-17)26-7-3-6-22-26/h3,6-7,10-11,13,16H,4-5,8-9,12H2,1-2H3. The molecule has 1 saturated heterocycles. The first-order valence-electron chi connectivity index (χ1n) is 9.21. The Bertz CT molecular complexity index is 972. The first-order valence-corrected chi connectivity index (χ1v) is 9.21. The Labute approximate surface area is 157 Å². The largest absolute Gasteiger partial charge is 0.355 e. The number of piperidine rings is 1. The highest BCUT2D eigenvalue weighted by atomic mass is 16.1. The van der Waals surface area contributed by atoms with Crippen molar-refractivity contribution in [2.45, 2.75) is 33.2 Å². The molecule has 0 bridgehead atoms. The molecule has 140 valence electrons. The van der Waals surface area contributed by atoms with Crippen molar-refractivity contribution in [3.63, 3.8) is 0 Å². The fourth-order valence-corrected chi connectivity index (χ4v) is 3.44. The maximum absolute atomic E-state index is 12.4. The molecule has 3 aromatic heterocycles. The second-order valence-corrected chi connectivity index (χ2v) is 7.03. The van der Waals surface area contributed by atoms with Crippen LogP contribution in [-0.2, 0) is 6.54 Å². The lowest BCUT2D eigenvalue weighted by atomic mass is 9.96. The Balaban J connectivity index is 1.42. The number of aromatic nitrogens is 6. The minimum atomic E-state index is 0.0720. The Morgan fingerprint density at radius 3 is 2.67 bits per heavy atom. The molecular formula is C19H23N7O. The van der Waals surface area contributed by atoms with Gasteiger partial charge < -0.3 is 4.90 Å². The summed E-state index contributed by atoms with van der Waals surface area (Å²) in [6.45, 7) is 6.23. The summed E-state index contributed by atoms with van der Waals surface area (Å²) in [4.78, 5) is 28.0. The van der Waals surface area contributed by atoms with Crippen LogP contribution in [0.5, 0.6) is 0 Å². The van der Waals surface area contributed by atoms with E-state index in [9.17, 15) is 4.79 Å². The summed E-state index contributed by atoms with van der Waals surface area (Å²) in [6.07, 6.45) is 10.8. The van der Waals surface area contributed by atoms with Crippen LogP contribution in [0.4, 0.5) is 5.82 Å². The van der Waals surface area contributed by atoms with Crippen LogP contribution in [0.2, 0.25) is 0 Å². The van der Waals surface area contributed by atoms with Gasteiger partial charge in [-0.3, -0.25) is 14.3 Å². The van der Waals surface area contributed by atoms with Crippen molar-refractivity contribution >= 4 is 5.82 Å². The predicted molar refractivity (Wildman–Crippen MR) is 102 cm³/mol. The number of rotatable bonds is 4. The smallest absolute Gasteiger partial charge is 0.256 e. The Morgan fingerprint density at radius 1 is 1.15 bits per heavy atom. The summed E-state index contributed by atoms with van der Waals surface area (Å²) in [5, 5.41) is 4.21. The van der Waals surface area contributed by atoms with Crippen molar-refractivity contribution in [1.29, 1.82) is 0 Å². The molecule has 8 heteroatoms. The van der Waals surface area contributed by atoms with E-state index in [1.807, 2.05) is 26.1 Å². The van der Waals surface area contributed by atoms with Gasteiger partial charge in [0.05, 0.1) is 18.7 Å². The van der Waals surface area contributed by atoms with Crippen LogP contribution in [-0.4, -0.2) is 42.4 Å². The predicted octanol–water partition coefficient (Wildman–Crippen LogP) is 1.75. The molecule has 3 aromatic rings. The van der Waals surface area contributed by atoms with Gasteiger partial charge in [-0.05, 0) is 38.7 Å². The Hall–Kier alpha value is -3.03. The maximum atomic E-state index is 12.4. The lowest BCUT2D eigenvalue weighted by molar-refractivity contribution is 0.349. The van der Waals surface area contributed by atoms with E-state index in [1.54, 1.807) is 34.2 Å². The molecule has 1 aliphatic rings. The monoisotopic (exact) mass is 365 g/mol. The molecule has 0 amide bonds. The van der Waals surface area contributed by atoms with Crippen molar-refractivity contribution in [2.24, 2.45) is 5.92 Å². The van der Waals surface area contributed by atoms with E-state index in [0.717, 1.165) is 49.6 Å². The molecule has 0 N–H and O–H groups in total. The maximum Gasteiger partial charge on any atom is 0.256 e. The molecule has 0 unspecified atom stereocenters. The minimum Gasteiger partial charge on any atom is -0.355 e. The summed E-state index contributed by atoms with van der Waals surface area (Å²) in [6, 6.07) is 1.86. The van der Waals surface area contributed by atoms with E-state index in [1.165, 1.54) is 0 Å². The molecule has 0 aliphatic carbocycles. The second kappa shape index (κ2) is 7.30. The zero-order valence-electron chi connectivity index (χ0n) is 15.6. The van der Waals surface area contributed by atoms with Crippen LogP contribution in [0.15, 0.2) is 42.0 Å². The molecule has 1 aliphatic heterocycles. The quantitative estimate of drug-likeness (QED) is 0.701. The molecule has 0 aromatic carbocycles. The fraction of sp³-hybridized carbons (Fsp3) is 0.421. The Kier molecular flexibility index (Phi) is 4.70. The third kappa shape index (κ3) is 3.60. The minimum absolute atomic E-state index is 0.0720. The summed E-state index contributed by atoms with van der Waals surface area (Å²) in [5.41, 5.74) is 1.62. The van der Waals surface area contributed by atoms with Crippen molar-refractivity contribution in [3.8, 4) is 5.82 Å². The van der Waals surface area contributed by atoms with Gasteiger partial charge in [-0.15, -0.1) is 0 Å². The van der Waals surface area contributed by atoms with E-state index in [4.69, 9.17) is 0 Å². The van der Waals surface area contributed by atoms with E-state index < -0.39 is 0 Å². The molecule has 0 radical (unpaired) electrons. The molecule has 0 atom stereocenters. The van der Waals surface area contributed by atoms with Gasteiger partial charge >= 0.3 is 0 Å². The molecule has 0 saturated carbocycles. The molecule has 4 heterocycles. The Morgan fingerprint density at radius 2 is 1.93 bits per heavy atom. The van der Waals surface area contributed by atoms with Crippen LogP contribution in [0, 0.1) is 19.8 Å². The van der Waals surface area contributed by atoms with Gasteiger partial charge in [-0.1, -0.05) is 0 Å². The highest BCUT2D eigenvalue weighted by Gasteiger charge is 2.22. The van der Waals surface area contributed by atoms with E-state index in [2.05, 4.69) is 25.0 Å². The molecular weight excluding hydrogens is 342 g/mol. The lowest BCUT2D eigenvalue weighted by Crippen LogP contribution is -2.37. The second-order valence-electron chi connectivity index (χ2n) is 7.03. The van der Waals surface area contributed by atoms with Gasteiger partial charge in [0.25, 0.3) is 5.56 Å². The average molecular weight is 365 g/mol. The van der Waals surface area contributed by atoms with E-state index in [0.29, 0.717) is 11.7 Å². The van der Waals surface area contributed by atoms with Crippen LogP contribution in [0.3, 0.4) is 0 Å². The van der Waals surface area contributed by atoms with E-state index in [-0.39, 0.29) is 5.56 Å². The SMILES string of the molecule is Cc1ncn(CC2CCN(c3cncc(-n4cccn4)n3)CC2)c(=O)c1C. The summed E-state index contributed by atoms with van der Waals surface area (Å²) in [7, 11) is 0. The van der Waals surface area contributed by atoms with Crippen molar-refractivity contribution in [2.75, 3.05) is 18.0 Å².